The predicted octanol–water partition coefficient (Wildman–Crippen LogP) is 5.26. The highest BCUT2D eigenvalue weighted by Crippen LogP contribution is 2.45. The molecule has 0 aliphatic carbocycles. The highest BCUT2D eigenvalue weighted by atomic mass is 35.5. The van der Waals surface area contributed by atoms with Crippen molar-refractivity contribution >= 4 is 39.1 Å². The van der Waals surface area contributed by atoms with Crippen molar-refractivity contribution in [2.24, 2.45) is 0 Å². The van der Waals surface area contributed by atoms with Gasteiger partial charge in [-0.1, -0.05) is 35.9 Å². The van der Waals surface area contributed by atoms with E-state index in [9.17, 15) is 26.4 Å². The van der Waals surface area contributed by atoms with Crippen LogP contribution in [0.1, 0.15) is 16.5 Å². The summed E-state index contributed by atoms with van der Waals surface area (Å²) in [5.41, 5.74) is -0.0608. The molecule has 4 nitrogen and oxygen atoms in total. The lowest BCUT2D eigenvalue weighted by molar-refractivity contribution is -0.114. The van der Waals surface area contributed by atoms with Crippen LogP contribution in [0.2, 0.25) is 5.02 Å². The van der Waals surface area contributed by atoms with Crippen molar-refractivity contribution in [2.45, 2.75) is 5.37 Å². The summed E-state index contributed by atoms with van der Waals surface area (Å²) in [6.45, 7) is 0. The third-order valence-corrected chi connectivity index (χ3v) is 7.08. The Labute approximate surface area is 181 Å². The first-order valence-electron chi connectivity index (χ1n) is 8.94. The number of sulfone groups is 1. The summed E-state index contributed by atoms with van der Waals surface area (Å²) in [5.74, 6) is -2.93. The number of amides is 1. The first-order chi connectivity index (χ1) is 14.7. The van der Waals surface area contributed by atoms with E-state index in [0.29, 0.717) is 0 Å². The van der Waals surface area contributed by atoms with Gasteiger partial charge in [-0.25, -0.2) is 21.6 Å². The quantitative estimate of drug-likeness (QED) is 0.498. The minimum Gasteiger partial charge on any atom is -0.285 e. The molecular formula is C22H13ClF3NO3S. The van der Waals surface area contributed by atoms with Crippen LogP contribution in [0.25, 0.3) is 6.08 Å². The number of anilines is 1. The van der Waals surface area contributed by atoms with Gasteiger partial charge in [0.2, 0.25) is 9.84 Å². The Hall–Kier alpha value is -3.10. The second-order valence-corrected chi connectivity index (χ2v) is 9.13. The van der Waals surface area contributed by atoms with Crippen LogP contribution >= 0.6 is 11.6 Å². The molecule has 1 aliphatic heterocycles. The molecule has 0 spiro atoms. The van der Waals surface area contributed by atoms with Crippen molar-refractivity contribution in [3.8, 4) is 0 Å². The van der Waals surface area contributed by atoms with Gasteiger partial charge in [0.25, 0.3) is 5.91 Å². The zero-order valence-electron chi connectivity index (χ0n) is 15.6. The fraction of sp³-hybridized carbons (Fsp3) is 0.0455. The third-order valence-electron chi connectivity index (χ3n) is 4.79. The molecule has 1 fully saturated rings. The maximum absolute atomic E-state index is 14.1. The van der Waals surface area contributed by atoms with E-state index < -0.39 is 43.5 Å². The maximum Gasteiger partial charge on any atom is 0.271 e. The minimum absolute atomic E-state index is 0.0438. The molecule has 0 saturated carbocycles. The Kier molecular flexibility index (Phi) is 5.36. The van der Waals surface area contributed by atoms with Crippen LogP contribution in [0, 0.1) is 17.5 Å². The summed E-state index contributed by atoms with van der Waals surface area (Å²) in [6, 6.07) is 13.1. The van der Waals surface area contributed by atoms with E-state index >= 15 is 0 Å². The third kappa shape index (κ3) is 3.73. The zero-order valence-corrected chi connectivity index (χ0v) is 17.2. The maximum atomic E-state index is 14.1. The highest BCUT2D eigenvalue weighted by molar-refractivity contribution is 7.97. The van der Waals surface area contributed by atoms with Gasteiger partial charge in [-0.05, 0) is 48.5 Å². The molecule has 0 N–H and O–H groups in total. The van der Waals surface area contributed by atoms with Gasteiger partial charge in [0, 0.05) is 21.8 Å². The van der Waals surface area contributed by atoms with Gasteiger partial charge in [0.1, 0.15) is 22.4 Å². The Morgan fingerprint density at radius 2 is 1.55 bits per heavy atom. The van der Waals surface area contributed by atoms with Gasteiger partial charge in [0.05, 0.1) is 0 Å². The van der Waals surface area contributed by atoms with Gasteiger partial charge >= 0.3 is 0 Å². The molecule has 4 rings (SSSR count). The van der Waals surface area contributed by atoms with Gasteiger partial charge in [0.15, 0.2) is 5.37 Å². The lowest BCUT2D eigenvalue weighted by Crippen LogP contribution is -2.29. The molecule has 1 aliphatic rings. The number of rotatable bonds is 3. The molecule has 0 aromatic heterocycles. The molecule has 1 atom stereocenters. The molecule has 0 bridgehead atoms. The summed E-state index contributed by atoms with van der Waals surface area (Å²) in [4.78, 5) is 13.5. The standard InChI is InChI=1S/C22H13ClF3NO3S/c23-18-12-15(25)7-10-17(18)22-27(16-8-5-14(24)6-9-16)21(28)20(31(22,29)30)11-13-3-1-2-4-19(13)26/h1-12,22H/b20-11+. The van der Waals surface area contributed by atoms with E-state index in [1.165, 1.54) is 30.3 Å². The van der Waals surface area contributed by atoms with Crippen LogP contribution in [0.5, 0.6) is 0 Å². The van der Waals surface area contributed by atoms with E-state index in [1.54, 1.807) is 0 Å². The fourth-order valence-corrected chi connectivity index (χ4v) is 5.59. The molecule has 0 radical (unpaired) electrons. The molecule has 158 valence electrons. The van der Waals surface area contributed by atoms with Crippen molar-refractivity contribution in [1.82, 2.24) is 0 Å². The Morgan fingerprint density at radius 3 is 2.19 bits per heavy atom. The number of hydrogen-bond donors (Lipinski definition) is 0. The second-order valence-electron chi connectivity index (χ2n) is 6.74. The van der Waals surface area contributed by atoms with Crippen molar-refractivity contribution in [3.05, 3.63) is 105 Å². The molecule has 9 heteroatoms. The molecule has 1 unspecified atom stereocenters. The van der Waals surface area contributed by atoms with E-state index in [-0.39, 0.29) is 21.8 Å². The normalized spacial score (nSPS) is 19.2. The molecule has 1 heterocycles. The van der Waals surface area contributed by atoms with Crippen LogP contribution < -0.4 is 4.90 Å². The topological polar surface area (TPSA) is 54.5 Å². The number of carbonyl (C=O) groups is 1. The molecular weight excluding hydrogens is 451 g/mol. The summed E-state index contributed by atoms with van der Waals surface area (Å²) >= 11 is 6.11. The SMILES string of the molecule is O=C1/C(=C\c2ccccc2F)S(=O)(=O)C(c2ccc(F)cc2Cl)N1c1ccc(F)cc1. The monoisotopic (exact) mass is 463 g/mol. The van der Waals surface area contributed by atoms with Gasteiger partial charge in [-0.15, -0.1) is 0 Å². The number of halogens is 4. The van der Waals surface area contributed by atoms with E-state index in [4.69, 9.17) is 11.6 Å². The molecule has 3 aromatic rings. The number of carbonyl (C=O) groups excluding carboxylic acids is 1. The molecule has 3 aromatic carbocycles. The first-order valence-corrected chi connectivity index (χ1v) is 10.9. The van der Waals surface area contributed by atoms with Crippen LogP contribution in [0.15, 0.2) is 71.6 Å². The fourth-order valence-electron chi connectivity index (χ4n) is 3.35. The molecule has 31 heavy (non-hydrogen) atoms. The summed E-state index contributed by atoms with van der Waals surface area (Å²) in [5, 5.41) is -1.85. The van der Waals surface area contributed by atoms with Crippen molar-refractivity contribution in [2.75, 3.05) is 4.90 Å². The zero-order chi connectivity index (χ0) is 22.3. The van der Waals surface area contributed by atoms with Crippen LogP contribution in [-0.2, 0) is 14.6 Å². The van der Waals surface area contributed by atoms with Gasteiger partial charge in [-0.2, -0.15) is 0 Å². The smallest absolute Gasteiger partial charge is 0.271 e. The Morgan fingerprint density at radius 1 is 0.903 bits per heavy atom. The summed E-state index contributed by atoms with van der Waals surface area (Å²) < 4.78 is 68.0. The average Bonchev–Trinajstić information content (AvgIpc) is 2.91. The van der Waals surface area contributed by atoms with Gasteiger partial charge in [-0.3, -0.25) is 9.69 Å². The van der Waals surface area contributed by atoms with Gasteiger partial charge < -0.3 is 0 Å². The highest BCUT2D eigenvalue weighted by Gasteiger charge is 2.51. The molecule has 1 saturated heterocycles. The lowest BCUT2D eigenvalue weighted by Gasteiger charge is -2.24. The Bertz CT molecular complexity index is 1320. The second kappa shape index (κ2) is 7.86. The van der Waals surface area contributed by atoms with Crippen LogP contribution in [0.4, 0.5) is 18.9 Å². The lowest BCUT2D eigenvalue weighted by atomic mass is 10.1. The van der Waals surface area contributed by atoms with E-state index in [1.807, 2.05) is 0 Å². The largest absolute Gasteiger partial charge is 0.285 e. The summed E-state index contributed by atoms with van der Waals surface area (Å²) in [6.07, 6.45) is 0.945. The van der Waals surface area contributed by atoms with Crippen molar-refractivity contribution < 1.29 is 26.4 Å². The van der Waals surface area contributed by atoms with Crippen LogP contribution in [0.3, 0.4) is 0 Å². The van der Waals surface area contributed by atoms with E-state index in [0.717, 1.165) is 47.4 Å². The molecule has 1 amide bonds. The number of hydrogen-bond acceptors (Lipinski definition) is 3. The predicted molar refractivity (Wildman–Crippen MR) is 111 cm³/mol. The average molecular weight is 464 g/mol. The minimum atomic E-state index is -4.42. The first kappa shape index (κ1) is 21.1. The number of benzene rings is 3. The van der Waals surface area contributed by atoms with E-state index in [2.05, 4.69) is 0 Å². The van der Waals surface area contributed by atoms with Crippen molar-refractivity contribution in [3.63, 3.8) is 0 Å². The Balaban J connectivity index is 1.96. The van der Waals surface area contributed by atoms with Crippen molar-refractivity contribution in [1.29, 1.82) is 0 Å². The van der Waals surface area contributed by atoms with Crippen LogP contribution in [-0.4, -0.2) is 14.3 Å². The summed E-state index contributed by atoms with van der Waals surface area (Å²) in [7, 11) is -4.42. The number of nitrogens with zero attached hydrogens (tertiary/aromatic N) is 1.